The lowest BCUT2D eigenvalue weighted by atomic mass is 9.85. The third-order valence-corrected chi connectivity index (χ3v) is 6.02. The summed E-state index contributed by atoms with van der Waals surface area (Å²) in [6.07, 6.45) is 3.29. The van der Waals surface area contributed by atoms with Crippen LogP contribution in [0.1, 0.15) is 26.2 Å². The number of hydrogen-bond donors (Lipinski definition) is 0. The topological polar surface area (TPSA) is 37.4 Å². The molecule has 0 radical (unpaired) electrons. The van der Waals surface area contributed by atoms with Gasteiger partial charge < -0.3 is 0 Å². The number of sulfonamides is 1. The van der Waals surface area contributed by atoms with E-state index in [-0.39, 0.29) is 4.90 Å². The molecule has 1 saturated carbocycles. The van der Waals surface area contributed by atoms with E-state index >= 15 is 0 Å². The van der Waals surface area contributed by atoms with Gasteiger partial charge in [-0.1, -0.05) is 29.3 Å². The Morgan fingerprint density at radius 3 is 2.58 bits per heavy atom. The number of rotatable bonds is 5. The molecule has 0 heterocycles. The Morgan fingerprint density at radius 2 is 2.11 bits per heavy atom. The van der Waals surface area contributed by atoms with E-state index < -0.39 is 15.8 Å². The van der Waals surface area contributed by atoms with Crippen LogP contribution in [0.15, 0.2) is 27.6 Å². The predicted octanol–water partition coefficient (Wildman–Crippen LogP) is 3.40. The summed E-state index contributed by atoms with van der Waals surface area (Å²) in [7, 11) is -3.73. The highest BCUT2D eigenvalue weighted by Crippen LogP contribution is 2.30. The summed E-state index contributed by atoms with van der Waals surface area (Å²) in [6.45, 7) is 2.65. The summed E-state index contributed by atoms with van der Waals surface area (Å²) < 4.78 is 40.6. The SMILES string of the molecule is CCN(CC1CCC1)S(=O)(=O)c1ccc(Br)cc1F. The van der Waals surface area contributed by atoms with Crippen LogP contribution in [0.3, 0.4) is 0 Å². The van der Waals surface area contributed by atoms with Gasteiger partial charge in [0.25, 0.3) is 0 Å². The van der Waals surface area contributed by atoms with Crippen LogP contribution < -0.4 is 0 Å². The monoisotopic (exact) mass is 349 g/mol. The normalized spacial score (nSPS) is 16.6. The smallest absolute Gasteiger partial charge is 0.207 e. The van der Waals surface area contributed by atoms with Crippen LogP contribution in [0.2, 0.25) is 0 Å². The number of halogens is 2. The van der Waals surface area contributed by atoms with Gasteiger partial charge in [-0.15, -0.1) is 0 Å². The molecule has 3 nitrogen and oxygen atoms in total. The molecule has 0 atom stereocenters. The summed E-state index contributed by atoms with van der Waals surface area (Å²) >= 11 is 3.13. The first-order valence-corrected chi connectivity index (χ1v) is 8.63. The van der Waals surface area contributed by atoms with Crippen molar-refractivity contribution in [1.29, 1.82) is 0 Å². The van der Waals surface area contributed by atoms with Crippen LogP contribution in [-0.2, 0) is 10.0 Å². The van der Waals surface area contributed by atoms with E-state index in [1.54, 1.807) is 13.0 Å². The molecule has 1 aromatic carbocycles. The lowest BCUT2D eigenvalue weighted by Crippen LogP contribution is -2.37. The van der Waals surface area contributed by atoms with Crippen molar-refractivity contribution in [2.75, 3.05) is 13.1 Å². The summed E-state index contributed by atoms with van der Waals surface area (Å²) in [5.41, 5.74) is 0. The van der Waals surface area contributed by atoms with Crippen molar-refractivity contribution < 1.29 is 12.8 Å². The Morgan fingerprint density at radius 1 is 1.42 bits per heavy atom. The Labute approximate surface area is 122 Å². The summed E-state index contributed by atoms with van der Waals surface area (Å²) in [4.78, 5) is -0.239. The highest BCUT2D eigenvalue weighted by molar-refractivity contribution is 9.10. The largest absolute Gasteiger partial charge is 0.245 e. The lowest BCUT2D eigenvalue weighted by molar-refractivity contribution is 0.249. The molecule has 0 amide bonds. The molecule has 1 fully saturated rings. The van der Waals surface area contributed by atoms with Crippen LogP contribution in [0, 0.1) is 11.7 Å². The second-order valence-electron chi connectivity index (χ2n) is 4.83. The first-order valence-electron chi connectivity index (χ1n) is 6.40. The highest BCUT2D eigenvalue weighted by atomic mass is 79.9. The van der Waals surface area contributed by atoms with Crippen LogP contribution in [-0.4, -0.2) is 25.8 Å². The minimum absolute atomic E-state index is 0.239. The van der Waals surface area contributed by atoms with Crippen molar-refractivity contribution in [3.8, 4) is 0 Å². The quantitative estimate of drug-likeness (QED) is 0.816. The second-order valence-corrected chi connectivity index (χ2v) is 7.65. The van der Waals surface area contributed by atoms with Crippen LogP contribution in [0.25, 0.3) is 0 Å². The number of nitrogens with zero attached hydrogens (tertiary/aromatic N) is 1. The van der Waals surface area contributed by atoms with E-state index in [9.17, 15) is 12.8 Å². The summed E-state index contributed by atoms with van der Waals surface area (Å²) in [5, 5.41) is 0. The zero-order valence-electron chi connectivity index (χ0n) is 10.8. The average Bonchev–Trinajstić information content (AvgIpc) is 2.26. The maximum Gasteiger partial charge on any atom is 0.245 e. The van der Waals surface area contributed by atoms with Crippen LogP contribution >= 0.6 is 15.9 Å². The fourth-order valence-electron chi connectivity index (χ4n) is 2.18. The van der Waals surface area contributed by atoms with E-state index in [0.717, 1.165) is 19.3 Å². The molecule has 0 bridgehead atoms. The highest BCUT2D eigenvalue weighted by Gasteiger charge is 2.30. The molecule has 19 heavy (non-hydrogen) atoms. The zero-order chi connectivity index (χ0) is 14.0. The molecule has 0 spiro atoms. The fraction of sp³-hybridized carbons (Fsp3) is 0.538. The van der Waals surface area contributed by atoms with Crippen molar-refractivity contribution in [2.45, 2.75) is 31.1 Å². The molecule has 0 aliphatic heterocycles. The number of benzene rings is 1. The molecule has 0 saturated heterocycles. The first-order chi connectivity index (χ1) is 8.95. The maximum atomic E-state index is 13.8. The van der Waals surface area contributed by atoms with Gasteiger partial charge >= 0.3 is 0 Å². The molecule has 106 valence electrons. The molecule has 1 aromatic rings. The van der Waals surface area contributed by atoms with Crippen molar-refractivity contribution in [3.05, 3.63) is 28.5 Å². The summed E-state index contributed by atoms with van der Waals surface area (Å²) in [6, 6.07) is 4.05. The molecule has 0 aromatic heterocycles. The van der Waals surface area contributed by atoms with Crippen molar-refractivity contribution in [3.63, 3.8) is 0 Å². The molecular weight excluding hydrogens is 333 g/mol. The van der Waals surface area contributed by atoms with Gasteiger partial charge in [0.05, 0.1) is 0 Å². The Balaban J connectivity index is 2.27. The van der Waals surface area contributed by atoms with E-state index in [0.29, 0.717) is 23.5 Å². The third-order valence-electron chi connectivity index (χ3n) is 3.55. The van der Waals surface area contributed by atoms with E-state index in [4.69, 9.17) is 0 Å². The van der Waals surface area contributed by atoms with Crippen molar-refractivity contribution in [2.24, 2.45) is 5.92 Å². The summed E-state index contributed by atoms with van der Waals surface area (Å²) in [5.74, 6) is -0.283. The Kier molecular flexibility index (Phi) is 4.63. The molecule has 0 unspecified atom stereocenters. The Hall–Kier alpha value is -0.460. The van der Waals surface area contributed by atoms with E-state index in [1.807, 2.05) is 0 Å². The lowest BCUT2D eigenvalue weighted by Gasteiger charge is -2.31. The number of hydrogen-bond acceptors (Lipinski definition) is 2. The standard InChI is InChI=1S/C13H17BrFNO2S/c1-2-16(9-10-4-3-5-10)19(17,18)13-7-6-11(14)8-12(13)15/h6-8,10H,2-5,9H2,1H3. The molecule has 1 aliphatic carbocycles. The average molecular weight is 350 g/mol. The second kappa shape index (κ2) is 5.89. The van der Waals surface area contributed by atoms with Gasteiger partial charge in [0.2, 0.25) is 10.0 Å². The van der Waals surface area contributed by atoms with Gasteiger partial charge in [-0.25, -0.2) is 12.8 Å². The van der Waals surface area contributed by atoms with E-state index in [1.165, 1.54) is 16.4 Å². The maximum absolute atomic E-state index is 13.8. The van der Waals surface area contributed by atoms with E-state index in [2.05, 4.69) is 15.9 Å². The van der Waals surface area contributed by atoms with Crippen LogP contribution in [0.5, 0.6) is 0 Å². The van der Waals surface area contributed by atoms with Crippen LogP contribution in [0.4, 0.5) is 4.39 Å². The van der Waals surface area contributed by atoms with Gasteiger partial charge in [0.1, 0.15) is 10.7 Å². The fourth-order valence-corrected chi connectivity index (χ4v) is 4.09. The third kappa shape index (κ3) is 3.17. The molecule has 6 heteroatoms. The zero-order valence-corrected chi connectivity index (χ0v) is 13.2. The van der Waals surface area contributed by atoms with Gasteiger partial charge in [0, 0.05) is 17.6 Å². The van der Waals surface area contributed by atoms with Gasteiger partial charge in [-0.05, 0) is 37.0 Å². The molecule has 2 rings (SSSR count). The van der Waals surface area contributed by atoms with Gasteiger partial charge in [-0.3, -0.25) is 0 Å². The molecular formula is C13H17BrFNO2S. The molecule has 0 N–H and O–H groups in total. The van der Waals surface area contributed by atoms with Gasteiger partial charge in [-0.2, -0.15) is 4.31 Å². The first kappa shape index (κ1) is 14.9. The molecule has 1 aliphatic rings. The predicted molar refractivity (Wildman–Crippen MR) is 75.9 cm³/mol. The minimum Gasteiger partial charge on any atom is -0.207 e. The van der Waals surface area contributed by atoms with Crippen molar-refractivity contribution in [1.82, 2.24) is 4.31 Å². The Bertz CT molecular complexity index is 558. The van der Waals surface area contributed by atoms with Gasteiger partial charge in [0.15, 0.2) is 0 Å². The minimum atomic E-state index is -3.73. The van der Waals surface area contributed by atoms with Crippen molar-refractivity contribution >= 4 is 26.0 Å².